The molecule has 3 rings (SSSR count). The molecule has 1 aliphatic heterocycles. The summed E-state index contributed by atoms with van der Waals surface area (Å²) in [5.41, 5.74) is 2.54. The van der Waals surface area contributed by atoms with Crippen molar-refractivity contribution in [2.24, 2.45) is 5.41 Å². The molecule has 0 saturated carbocycles. The van der Waals surface area contributed by atoms with E-state index in [1.807, 2.05) is 4.57 Å². The molecule has 4 heteroatoms. The number of piperidine rings is 1. The van der Waals surface area contributed by atoms with E-state index in [2.05, 4.69) is 42.9 Å². The Kier molecular flexibility index (Phi) is 3.36. The number of likely N-dealkylation sites (tertiary alicyclic amines) is 1. The van der Waals surface area contributed by atoms with Crippen molar-refractivity contribution in [3.63, 3.8) is 0 Å². The molecular weight excluding hydrogens is 250 g/mol. The number of nitrogens with zero attached hydrogens (tertiary/aromatic N) is 2. The first-order chi connectivity index (χ1) is 9.46. The summed E-state index contributed by atoms with van der Waals surface area (Å²) in [6.45, 7) is 6.67. The highest BCUT2D eigenvalue weighted by Gasteiger charge is 2.28. The third kappa shape index (κ3) is 2.49. The number of fused-ring (bicyclic) bond motifs is 1. The summed E-state index contributed by atoms with van der Waals surface area (Å²) >= 11 is 0. The maximum Gasteiger partial charge on any atom is 0.326 e. The fourth-order valence-electron chi connectivity index (χ4n) is 3.48. The van der Waals surface area contributed by atoms with Gasteiger partial charge in [-0.25, -0.2) is 4.79 Å². The van der Waals surface area contributed by atoms with Gasteiger partial charge >= 0.3 is 5.69 Å². The quantitative estimate of drug-likeness (QED) is 0.855. The summed E-state index contributed by atoms with van der Waals surface area (Å²) in [6.07, 6.45) is 8.53. The Labute approximate surface area is 120 Å². The SMILES string of the molecule is CN1CCC(n2c3c([nH]c2=O)CC(C)(C)CC=C3)CC1. The van der Waals surface area contributed by atoms with Gasteiger partial charge in [0, 0.05) is 11.7 Å². The second kappa shape index (κ2) is 4.92. The number of imidazole rings is 1. The van der Waals surface area contributed by atoms with E-state index in [1.54, 1.807) is 0 Å². The van der Waals surface area contributed by atoms with Crippen molar-refractivity contribution in [2.75, 3.05) is 20.1 Å². The topological polar surface area (TPSA) is 41.0 Å². The largest absolute Gasteiger partial charge is 0.326 e. The number of nitrogens with one attached hydrogen (secondary N) is 1. The molecule has 1 aliphatic carbocycles. The predicted molar refractivity (Wildman–Crippen MR) is 82.0 cm³/mol. The molecule has 1 fully saturated rings. The molecule has 0 unspecified atom stereocenters. The lowest BCUT2D eigenvalue weighted by atomic mass is 9.85. The minimum Gasteiger partial charge on any atom is -0.309 e. The molecule has 0 atom stereocenters. The van der Waals surface area contributed by atoms with Gasteiger partial charge in [0.05, 0.1) is 5.69 Å². The van der Waals surface area contributed by atoms with Crippen LogP contribution in [0.5, 0.6) is 0 Å². The number of aromatic nitrogens is 2. The van der Waals surface area contributed by atoms with E-state index >= 15 is 0 Å². The Morgan fingerprint density at radius 3 is 2.70 bits per heavy atom. The van der Waals surface area contributed by atoms with Crippen molar-refractivity contribution in [3.8, 4) is 0 Å². The molecule has 0 aromatic carbocycles. The molecule has 0 bridgehead atoms. The maximum atomic E-state index is 12.4. The lowest BCUT2D eigenvalue weighted by molar-refractivity contribution is 0.218. The van der Waals surface area contributed by atoms with Gasteiger partial charge in [0.25, 0.3) is 0 Å². The molecular formula is C16H25N3O. The van der Waals surface area contributed by atoms with Gasteiger partial charge in [-0.2, -0.15) is 0 Å². The summed E-state index contributed by atoms with van der Waals surface area (Å²) in [5, 5.41) is 0. The third-order valence-electron chi connectivity index (χ3n) is 4.70. The zero-order chi connectivity index (χ0) is 14.3. The zero-order valence-electron chi connectivity index (χ0n) is 12.8. The van der Waals surface area contributed by atoms with Gasteiger partial charge in [0.1, 0.15) is 0 Å². The van der Waals surface area contributed by atoms with E-state index < -0.39 is 0 Å². The average molecular weight is 275 g/mol. The van der Waals surface area contributed by atoms with E-state index in [0.29, 0.717) is 6.04 Å². The molecule has 2 heterocycles. The number of rotatable bonds is 1. The molecule has 1 saturated heterocycles. The van der Waals surface area contributed by atoms with Crippen molar-refractivity contribution in [3.05, 3.63) is 27.9 Å². The van der Waals surface area contributed by atoms with Crippen LogP contribution in [0.2, 0.25) is 0 Å². The number of hydrogen-bond acceptors (Lipinski definition) is 2. The smallest absolute Gasteiger partial charge is 0.309 e. The van der Waals surface area contributed by atoms with Crippen molar-refractivity contribution in [1.82, 2.24) is 14.5 Å². The summed E-state index contributed by atoms with van der Waals surface area (Å²) in [5.74, 6) is 0. The Balaban J connectivity index is 1.97. The standard InChI is InChI=1S/C16H25N3O/c1-16(2)8-4-5-14-13(11-16)17-15(20)19(14)12-6-9-18(3)10-7-12/h4-5,12H,6-11H2,1-3H3,(H,17,20). The second-order valence-electron chi connectivity index (χ2n) is 7.15. The van der Waals surface area contributed by atoms with Gasteiger partial charge in [0.15, 0.2) is 0 Å². The molecule has 110 valence electrons. The number of aromatic amines is 1. The van der Waals surface area contributed by atoms with Crippen molar-refractivity contribution in [1.29, 1.82) is 0 Å². The second-order valence-corrected chi connectivity index (χ2v) is 7.15. The van der Waals surface area contributed by atoms with Crippen LogP contribution in [0.15, 0.2) is 10.9 Å². The molecule has 1 aromatic rings. The van der Waals surface area contributed by atoms with Gasteiger partial charge in [0.2, 0.25) is 0 Å². The maximum absolute atomic E-state index is 12.4. The van der Waals surface area contributed by atoms with E-state index in [0.717, 1.165) is 50.2 Å². The molecule has 20 heavy (non-hydrogen) atoms. The van der Waals surface area contributed by atoms with E-state index in [1.165, 1.54) is 0 Å². The van der Waals surface area contributed by atoms with E-state index in [-0.39, 0.29) is 11.1 Å². The molecule has 1 N–H and O–H groups in total. The van der Waals surface area contributed by atoms with Crippen molar-refractivity contribution >= 4 is 6.08 Å². The van der Waals surface area contributed by atoms with Gasteiger partial charge in [-0.15, -0.1) is 0 Å². The lowest BCUT2D eigenvalue weighted by Gasteiger charge is -2.30. The van der Waals surface area contributed by atoms with Crippen LogP contribution in [-0.2, 0) is 6.42 Å². The number of H-pyrrole nitrogens is 1. The van der Waals surface area contributed by atoms with Crippen LogP contribution in [-0.4, -0.2) is 34.6 Å². The number of hydrogen-bond donors (Lipinski definition) is 1. The molecule has 0 amide bonds. The monoisotopic (exact) mass is 275 g/mol. The molecule has 4 nitrogen and oxygen atoms in total. The van der Waals surface area contributed by atoms with Crippen LogP contribution in [0.25, 0.3) is 6.08 Å². The third-order valence-corrected chi connectivity index (χ3v) is 4.70. The van der Waals surface area contributed by atoms with Gasteiger partial charge in [-0.1, -0.05) is 19.9 Å². The fourth-order valence-corrected chi connectivity index (χ4v) is 3.48. The summed E-state index contributed by atoms with van der Waals surface area (Å²) in [4.78, 5) is 17.8. The Hall–Kier alpha value is -1.29. The van der Waals surface area contributed by atoms with Crippen LogP contribution < -0.4 is 5.69 Å². The van der Waals surface area contributed by atoms with Crippen LogP contribution in [0.1, 0.15) is 50.5 Å². The molecule has 2 aliphatic rings. The van der Waals surface area contributed by atoms with Crippen molar-refractivity contribution < 1.29 is 0 Å². The lowest BCUT2D eigenvalue weighted by Crippen LogP contribution is -2.35. The summed E-state index contributed by atoms with van der Waals surface area (Å²) in [7, 11) is 2.15. The van der Waals surface area contributed by atoms with Gasteiger partial charge < -0.3 is 9.88 Å². The summed E-state index contributed by atoms with van der Waals surface area (Å²) < 4.78 is 2.01. The molecule has 1 aromatic heterocycles. The minimum atomic E-state index is 0.0758. The highest BCUT2D eigenvalue weighted by atomic mass is 16.1. The summed E-state index contributed by atoms with van der Waals surface area (Å²) in [6, 6.07) is 0.351. The van der Waals surface area contributed by atoms with Crippen LogP contribution in [0.3, 0.4) is 0 Å². The zero-order valence-corrected chi connectivity index (χ0v) is 12.8. The molecule has 0 spiro atoms. The first kappa shape index (κ1) is 13.7. The Bertz CT molecular complexity index is 571. The molecule has 0 radical (unpaired) electrons. The highest BCUT2D eigenvalue weighted by molar-refractivity contribution is 5.50. The first-order valence-electron chi connectivity index (χ1n) is 7.65. The van der Waals surface area contributed by atoms with E-state index in [9.17, 15) is 4.79 Å². The first-order valence-corrected chi connectivity index (χ1v) is 7.65. The fraction of sp³-hybridized carbons (Fsp3) is 0.688. The van der Waals surface area contributed by atoms with Gasteiger partial charge in [-0.3, -0.25) is 4.57 Å². The van der Waals surface area contributed by atoms with Crippen LogP contribution >= 0.6 is 0 Å². The van der Waals surface area contributed by atoms with Gasteiger partial charge in [-0.05, 0) is 57.3 Å². The highest BCUT2D eigenvalue weighted by Crippen LogP contribution is 2.32. The Morgan fingerprint density at radius 1 is 1.30 bits per heavy atom. The number of allylic oxidation sites excluding steroid dienone is 1. The van der Waals surface area contributed by atoms with Crippen molar-refractivity contribution in [2.45, 2.75) is 45.6 Å². The normalized spacial score (nSPS) is 23.6. The average Bonchev–Trinajstić information content (AvgIpc) is 2.58. The predicted octanol–water partition coefficient (Wildman–Crippen LogP) is 2.43. The minimum absolute atomic E-state index is 0.0758. The van der Waals surface area contributed by atoms with E-state index in [4.69, 9.17) is 0 Å². The van der Waals surface area contributed by atoms with Crippen LogP contribution in [0, 0.1) is 5.41 Å². The van der Waals surface area contributed by atoms with Crippen LogP contribution in [0.4, 0.5) is 0 Å². The Morgan fingerprint density at radius 2 is 2.00 bits per heavy atom.